The molecular weight excluding hydrogens is 264 g/mol. The third kappa shape index (κ3) is 3.90. The number of carbonyl (C=O) groups excluding carboxylic acids is 1. The minimum Gasteiger partial charge on any atom is -0.379 e. The van der Waals surface area contributed by atoms with E-state index in [1.807, 2.05) is 30.3 Å². The molecule has 0 aromatic heterocycles. The maximum atomic E-state index is 12.1. The van der Waals surface area contributed by atoms with Crippen LogP contribution in [0.4, 0.5) is 0 Å². The van der Waals surface area contributed by atoms with E-state index in [2.05, 4.69) is 9.80 Å². The average molecular weight is 288 g/mol. The van der Waals surface area contributed by atoms with E-state index in [1.54, 1.807) is 0 Å². The van der Waals surface area contributed by atoms with Crippen LogP contribution in [0.5, 0.6) is 0 Å². The van der Waals surface area contributed by atoms with E-state index in [0.29, 0.717) is 12.5 Å². The number of ether oxygens (including phenoxy) is 1. The van der Waals surface area contributed by atoms with Gasteiger partial charge >= 0.3 is 0 Å². The number of likely N-dealkylation sites (tertiary alicyclic amines) is 1. The molecule has 4 nitrogen and oxygen atoms in total. The van der Waals surface area contributed by atoms with E-state index >= 15 is 0 Å². The molecule has 2 aliphatic rings. The van der Waals surface area contributed by atoms with Gasteiger partial charge in [-0.25, -0.2) is 0 Å². The summed E-state index contributed by atoms with van der Waals surface area (Å²) in [5.74, 6) is 0.255. The Hall–Kier alpha value is -1.23. The predicted molar refractivity (Wildman–Crippen MR) is 82.6 cm³/mol. The second-order valence-corrected chi connectivity index (χ2v) is 5.93. The summed E-state index contributed by atoms with van der Waals surface area (Å²) < 4.78 is 5.41. The van der Waals surface area contributed by atoms with Crippen LogP contribution in [-0.2, 0) is 4.74 Å². The van der Waals surface area contributed by atoms with Gasteiger partial charge in [0.25, 0.3) is 0 Å². The Kier molecular flexibility index (Phi) is 5.01. The zero-order valence-electron chi connectivity index (χ0n) is 12.5. The molecule has 0 amide bonds. The van der Waals surface area contributed by atoms with Gasteiger partial charge in [-0.2, -0.15) is 0 Å². The lowest BCUT2D eigenvalue weighted by molar-refractivity contribution is 0.0185. The molecular formula is C17H24N2O2. The molecule has 0 aliphatic carbocycles. The fourth-order valence-corrected chi connectivity index (χ4v) is 3.28. The van der Waals surface area contributed by atoms with Crippen molar-refractivity contribution in [3.8, 4) is 0 Å². The van der Waals surface area contributed by atoms with E-state index in [0.717, 1.165) is 51.5 Å². The molecule has 0 N–H and O–H groups in total. The quantitative estimate of drug-likeness (QED) is 0.772. The molecule has 2 heterocycles. The maximum Gasteiger partial charge on any atom is 0.164 e. The van der Waals surface area contributed by atoms with Crippen molar-refractivity contribution in [2.75, 3.05) is 45.9 Å². The average Bonchev–Trinajstić information content (AvgIpc) is 3.03. The molecule has 1 unspecified atom stereocenters. The van der Waals surface area contributed by atoms with E-state index < -0.39 is 0 Å². The van der Waals surface area contributed by atoms with E-state index in [-0.39, 0.29) is 5.78 Å². The van der Waals surface area contributed by atoms with Crippen molar-refractivity contribution in [1.29, 1.82) is 0 Å². The summed E-state index contributed by atoms with van der Waals surface area (Å²) in [5, 5.41) is 0. The molecule has 1 atom stereocenters. The molecule has 0 bridgehead atoms. The monoisotopic (exact) mass is 288 g/mol. The number of hydrogen-bond acceptors (Lipinski definition) is 4. The number of morpholine rings is 1. The van der Waals surface area contributed by atoms with Crippen LogP contribution in [0, 0.1) is 0 Å². The fraction of sp³-hybridized carbons (Fsp3) is 0.588. The summed E-state index contributed by atoms with van der Waals surface area (Å²) in [6.07, 6.45) is 1.85. The minimum atomic E-state index is 0.255. The number of benzene rings is 1. The van der Waals surface area contributed by atoms with Crippen LogP contribution in [0.15, 0.2) is 30.3 Å². The molecule has 0 radical (unpaired) electrons. The van der Waals surface area contributed by atoms with Gasteiger partial charge < -0.3 is 9.64 Å². The molecule has 2 fully saturated rings. The van der Waals surface area contributed by atoms with Gasteiger partial charge in [0.1, 0.15) is 0 Å². The topological polar surface area (TPSA) is 32.8 Å². The van der Waals surface area contributed by atoms with Crippen molar-refractivity contribution in [2.24, 2.45) is 0 Å². The number of rotatable bonds is 5. The molecule has 0 spiro atoms. The number of ketones is 1. The standard InChI is InChI=1S/C17H24N2O2/c20-17(15-4-2-1-3-5-15)7-9-18-8-6-16(14-18)19-10-12-21-13-11-19/h1-5,16H,6-14H2. The lowest BCUT2D eigenvalue weighted by Gasteiger charge is -2.32. The molecule has 114 valence electrons. The first-order chi connectivity index (χ1) is 10.3. The summed E-state index contributed by atoms with van der Waals surface area (Å²) in [4.78, 5) is 17.1. The molecule has 1 aromatic rings. The highest BCUT2D eigenvalue weighted by Gasteiger charge is 2.28. The summed E-state index contributed by atoms with van der Waals surface area (Å²) in [5.41, 5.74) is 0.835. The van der Waals surface area contributed by atoms with Crippen LogP contribution >= 0.6 is 0 Å². The summed E-state index contributed by atoms with van der Waals surface area (Å²) in [7, 11) is 0. The van der Waals surface area contributed by atoms with Gasteiger partial charge in [0.05, 0.1) is 13.2 Å². The highest BCUT2D eigenvalue weighted by atomic mass is 16.5. The molecule has 1 aromatic carbocycles. The van der Waals surface area contributed by atoms with Crippen LogP contribution in [0.2, 0.25) is 0 Å². The van der Waals surface area contributed by atoms with Gasteiger partial charge in [-0.05, 0) is 13.0 Å². The van der Waals surface area contributed by atoms with E-state index in [4.69, 9.17) is 4.74 Å². The number of carbonyl (C=O) groups is 1. The Morgan fingerprint density at radius 2 is 1.90 bits per heavy atom. The zero-order chi connectivity index (χ0) is 14.5. The molecule has 4 heteroatoms. The third-order valence-electron chi connectivity index (χ3n) is 4.56. The highest BCUT2D eigenvalue weighted by molar-refractivity contribution is 5.96. The fourth-order valence-electron chi connectivity index (χ4n) is 3.28. The molecule has 2 aliphatic heterocycles. The van der Waals surface area contributed by atoms with Crippen molar-refractivity contribution >= 4 is 5.78 Å². The first-order valence-corrected chi connectivity index (χ1v) is 7.95. The normalized spacial score (nSPS) is 24.3. The van der Waals surface area contributed by atoms with Crippen molar-refractivity contribution in [3.05, 3.63) is 35.9 Å². The first-order valence-electron chi connectivity index (χ1n) is 7.95. The lowest BCUT2D eigenvalue weighted by atomic mass is 10.1. The van der Waals surface area contributed by atoms with Crippen LogP contribution in [0.1, 0.15) is 23.2 Å². The SMILES string of the molecule is O=C(CCN1CCC(N2CCOCC2)C1)c1ccccc1. The van der Waals surface area contributed by atoms with Gasteiger partial charge in [0.15, 0.2) is 5.78 Å². The molecule has 2 saturated heterocycles. The van der Waals surface area contributed by atoms with Crippen LogP contribution in [-0.4, -0.2) is 67.6 Å². The van der Waals surface area contributed by atoms with Gasteiger partial charge in [0.2, 0.25) is 0 Å². The summed E-state index contributed by atoms with van der Waals surface area (Å²) >= 11 is 0. The van der Waals surface area contributed by atoms with Crippen LogP contribution < -0.4 is 0 Å². The molecule has 21 heavy (non-hydrogen) atoms. The Morgan fingerprint density at radius 3 is 2.67 bits per heavy atom. The second-order valence-electron chi connectivity index (χ2n) is 5.93. The van der Waals surface area contributed by atoms with Crippen LogP contribution in [0.25, 0.3) is 0 Å². The van der Waals surface area contributed by atoms with E-state index in [1.165, 1.54) is 6.42 Å². The third-order valence-corrected chi connectivity index (χ3v) is 4.56. The van der Waals surface area contributed by atoms with Gasteiger partial charge in [-0.1, -0.05) is 30.3 Å². The van der Waals surface area contributed by atoms with Crippen molar-refractivity contribution in [3.63, 3.8) is 0 Å². The molecule has 0 saturated carbocycles. The Morgan fingerprint density at radius 1 is 1.14 bits per heavy atom. The zero-order valence-corrected chi connectivity index (χ0v) is 12.5. The van der Waals surface area contributed by atoms with Crippen LogP contribution in [0.3, 0.4) is 0 Å². The van der Waals surface area contributed by atoms with Crippen molar-refractivity contribution in [1.82, 2.24) is 9.80 Å². The van der Waals surface area contributed by atoms with Gasteiger partial charge in [-0.3, -0.25) is 9.69 Å². The second kappa shape index (κ2) is 7.16. The number of Topliss-reactive ketones (excluding diaryl/α,β-unsaturated/α-hetero) is 1. The Balaban J connectivity index is 1.43. The lowest BCUT2D eigenvalue weighted by Crippen LogP contribution is -2.44. The van der Waals surface area contributed by atoms with Crippen molar-refractivity contribution in [2.45, 2.75) is 18.9 Å². The van der Waals surface area contributed by atoms with Gasteiger partial charge in [-0.15, -0.1) is 0 Å². The van der Waals surface area contributed by atoms with Crippen molar-refractivity contribution < 1.29 is 9.53 Å². The summed E-state index contributed by atoms with van der Waals surface area (Å²) in [6, 6.07) is 10.3. The van der Waals surface area contributed by atoms with E-state index in [9.17, 15) is 4.79 Å². The smallest absolute Gasteiger partial charge is 0.164 e. The maximum absolute atomic E-state index is 12.1. The first kappa shape index (κ1) is 14.7. The van der Waals surface area contributed by atoms with Gasteiger partial charge in [0, 0.05) is 44.2 Å². The number of nitrogens with zero attached hydrogens (tertiary/aromatic N) is 2. The highest BCUT2D eigenvalue weighted by Crippen LogP contribution is 2.17. The predicted octanol–water partition coefficient (Wildman–Crippen LogP) is 1.67. The molecule has 3 rings (SSSR count). The largest absolute Gasteiger partial charge is 0.379 e. The summed E-state index contributed by atoms with van der Waals surface area (Å²) in [6.45, 7) is 6.94. The minimum absolute atomic E-state index is 0.255. The Bertz CT molecular complexity index is 457. The Labute approximate surface area is 126 Å². The number of hydrogen-bond donors (Lipinski definition) is 0.